The monoisotopic (exact) mass is 808 g/mol. The second-order valence-electron chi connectivity index (χ2n) is 17.1. The summed E-state index contributed by atoms with van der Waals surface area (Å²) in [6.45, 7) is 7.05. The van der Waals surface area contributed by atoms with E-state index in [4.69, 9.17) is 5.11 Å². The highest BCUT2D eigenvalue weighted by atomic mass is 32.2. The second kappa shape index (κ2) is 35.8. The number of aliphatic hydroxyl groups excluding tert-OH is 1. The molecular weight excluding hydrogens is 719 g/mol. The van der Waals surface area contributed by atoms with Crippen LogP contribution in [-0.2, 0) is 9.84 Å². The van der Waals surface area contributed by atoms with E-state index in [-0.39, 0.29) is 12.4 Å². The minimum Gasteiger partial charge on any atom is -0.396 e. The van der Waals surface area contributed by atoms with Crippen molar-refractivity contribution in [2.75, 3.05) is 30.3 Å². The molecule has 2 aromatic carbocycles. The molecule has 0 spiro atoms. The molecule has 0 aliphatic rings. The highest BCUT2D eigenvalue weighted by Crippen LogP contribution is 2.22. The van der Waals surface area contributed by atoms with Gasteiger partial charge in [-0.05, 0) is 61.1 Å². The Balaban J connectivity index is 1.78. The van der Waals surface area contributed by atoms with Gasteiger partial charge in [0.25, 0.3) is 0 Å². The van der Waals surface area contributed by atoms with Crippen LogP contribution in [0.3, 0.4) is 0 Å². The topological polar surface area (TPSA) is 57.6 Å². The van der Waals surface area contributed by atoms with Gasteiger partial charge in [0.1, 0.15) is 0 Å². The van der Waals surface area contributed by atoms with Gasteiger partial charge in [-0.1, -0.05) is 230 Å². The van der Waals surface area contributed by atoms with Gasteiger partial charge in [-0.3, -0.25) is 0 Å². The van der Waals surface area contributed by atoms with E-state index in [1.807, 2.05) is 12.1 Å². The molecule has 57 heavy (non-hydrogen) atoms. The van der Waals surface area contributed by atoms with Gasteiger partial charge in [0.2, 0.25) is 0 Å². The van der Waals surface area contributed by atoms with Crippen LogP contribution in [0.2, 0.25) is 0 Å². The Hall–Kier alpha value is -2.11. The smallest absolute Gasteiger partial charge is 0.178 e. The van der Waals surface area contributed by atoms with Gasteiger partial charge in [-0.15, -0.1) is 0 Å². The van der Waals surface area contributed by atoms with Gasteiger partial charge in [0.05, 0.1) is 10.6 Å². The Morgan fingerprint density at radius 2 is 0.737 bits per heavy atom. The van der Waals surface area contributed by atoms with Crippen molar-refractivity contribution >= 4 is 27.7 Å². The molecule has 0 saturated heterocycles. The number of sulfone groups is 1. The molecule has 2 rings (SSSR count). The largest absolute Gasteiger partial charge is 0.396 e. The molecule has 0 radical (unpaired) electrons. The van der Waals surface area contributed by atoms with E-state index in [1.54, 1.807) is 12.1 Å². The predicted molar refractivity (Wildman–Crippen MR) is 252 cm³/mol. The number of aliphatic hydroxyl groups is 1. The number of benzene rings is 2. The lowest BCUT2D eigenvalue weighted by Crippen LogP contribution is -2.25. The predicted octanol–water partition coefficient (Wildman–Crippen LogP) is 16.0. The number of rotatable bonds is 40. The van der Waals surface area contributed by atoms with Crippen LogP contribution in [0.1, 0.15) is 230 Å². The highest BCUT2D eigenvalue weighted by molar-refractivity contribution is 7.91. The molecule has 0 aromatic heterocycles. The molecule has 0 bridgehead atoms. The Morgan fingerprint density at radius 1 is 0.421 bits per heavy atom. The molecule has 0 atom stereocenters. The van der Waals surface area contributed by atoms with Gasteiger partial charge in [-0.2, -0.15) is 0 Å². The summed E-state index contributed by atoms with van der Waals surface area (Å²) < 4.78 is 25.5. The summed E-state index contributed by atoms with van der Waals surface area (Å²) in [5, 5.41) is 8.94. The molecule has 5 heteroatoms. The number of hydrogen-bond acceptors (Lipinski definition) is 4. The first kappa shape index (κ1) is 51.0. The van der Waals surface area contributed by atoms with Crippen LogP contribution in [0.5, 0.6) is 0 Å². The van der Waals surface area contributed by atoms with Crippen molar-refractivity contribution in [3.63, 3.8) is 0 Å². The van der Waals surface area contributed by atoms with Crippen molar-refractivity contribution in [2.24, 2.45) is 0 Å². The maximum Gasteiger partial charge on any atom is 0.178 e. The third-order valence-electron chi connectivity index (χ3n) is 11.9. The first-order valence-corrected chi connectivity index (χ1v) is 26.1. The standard InChI is InChI=1S/C52H89NO3S/c1-3-5-7-9-11-13-15-17-19-21-23-25-27-31-45-53(46-32-28-26-24-22-20-18-16-14-12-10-8-6-4-2)51-41-37-49(38-42-51)35-36-50-39-43-52(44-40-50)57(55,56)48-34-30-29-33-47-54/h35-44,54H,3-34,45-48H2,1-2H3. The molecule has 0 saturated carbocycles. The van der Waals surface area contributed by atoms with Crippen molar-refractivity contribution in [3.8, 4) is 0 Å². The van der Waals surface area contributed by atoms with E-state index in [1.165, 1.54) is 185 Å². The van der Waals surface area contributed by atoms with Gasteiger partial charge < -0.3 is 10.0 Å². The molecule has 2 aromatic rings. The molecular formula is C52H89NO3S. The molecule has 4 nitrogen and oxygen atoms in total. The number of unbranched alkanes of at least 4 members (excludes halogenated alkanes) is 29. The van der Waals surface area contributed by atoms with E-state index >= 15 is 0 Å². The lowest BCUT2D eigenvalue weighted by Gasteiger charge is -2.25. The fourth-order valence-electron chi connectivity index (χ4n) is 8.01. The van der Waals surface area contributed by atoms with Gasteiger partial charge in [0, 0.05) is 25.4 Å². The lowest BCUT2D eigenvalue weighted by molar-refractivity contribution is 0.283. The summed E-state index contributed by atoms with van der Waals surface area (Å²) in [6, 6.07) is 16.3. The van der Waals surface area contributed by atoms with E-state index < -0.39 is 9.84 Å². The third-order valence-corrected chi connectivity index (χ3v) is 13.7. The number of hydrogen-bond donors (Lipinski definition) is 1. The quantitative estimate of drug-likeness (QED) is 0.0538. The molecule has 0 unspecified atom stereocenters. The van der Waals surface area contributed by atoms with Crippen LogP contribution >= 0.6 is 0 Å². The van der Waals surface area contributed by atoms with Gasteiger partial charge in [-0.25, -0.2) is 8.42 Å². The summed E-state index contributed by atoms with van der Waals surface area (Å²) in [5.74, 6) is 0.162. The first-order valence-electron chi connectivity index (χ1n) is 24.5. The van der Waals surface area contributed by atoms with Crippen LogP contribution in [0, 0.1) is 0 Å². The molecule has 1 N–H and O–H groups in total. The normalized spacial score (nSPS) is 11.9. The highest BCUT2D eigenvalue weighted by Gasteiger charge is 2.13. The Labute approximate surface area is 354 Å². The molecule has 0 aliphatic heterocycles. The minimum atomic E-state index is -3.28. The third kappa shape index (κ3) is 27.3. The van der Waals surface area contributed by atoms with E-state index in [9.17, 15) is 8.42 Å². The zero-order chi connectivity index (χ0) is 40.9. The van der Waals surface area contributed by atoms with Crippen LogP contribution in [-0.4, -0.2) is 39.0 Å². The summed E-state index contributed by atoms with van der Waals surface area (Å²) >= 11 is 0. The zero-order valence-corrected chi connectivity index (χ0v) is 38.2. The number of nitrogens with zero attached hydrogens (tertiary/aromatic N) is 1. The Bertz CT molecular complexity index is 1270. The molecule has 0 heterocycles. The molecule has 0 fully saturated rings. The lowest BCUT2D eigenvalue weighted by atomic mass is 10.0. The fourth-order valence-corrected chi connectivity index (χ4v) is 9.39. The maximum absolute atomic E-state index is 12.8. The van der Waals surface area contributed by atoms with Crippen molar-refractivity contribution < 1.29 is 13.5 Å². The van der Waals surface area contributed by atoms with Crippen molar-refractivity contribution in [1.82, 2.24) is 0 Å². The molecule has 0 aliphatic carbocycles. The van der Waals surface area contributed by atoms with E-state index in [0.29, 0.717) is 11.3 Å². The number of anilines is 1. The average molecular weight is 808 g/mol. The van der Waals surface area contributed by atoms with Crippen LogP contribution in [0.15, 0.2) is 53.4 Å². The SMILES string of the molecule is CCCCCCCCCCCCCCCCN(CCCCCCCCCCCCCCCC)c1ccc(C=Cc2ccc(S(=O)(=O)CCCCCCO)cc2)cc1. The summed E-state index contributed by atoms with van der Waals surface area (Å²) in [5.41, 5.74) is 3.49. The Kier molecular flexibility index (Phi) is 32.1. The molecule has 326 valence electrons. The van der Waals surface area contributed by atoms with Gasteiger partial charge in [0.15, 0.2) is 9.84 Å². The molecule has 0 amide bonds. The van der Waals surface area contributed by atoms with Crippen molar-refractivity contribution in [3.05, 3.63) is 59.7 Å². The summed E-state index contributed by atoms with van der Waals surface area (Å²) in [4.78, 5) is 3.03. The fraction of sp³-hybridized carbons (Fsp3) is 0.731. The summed E-state index contributed by atoms with van der Waals surface area (Å²) in [6.07, 6.45) is 46.3. The minimum absolute atomic E-state index is 0.162. The van der Waals surface area contributed by atoms with Crippen LogP contribution in [0.25, 0.3) is 12.2 Å². The van der Waals surface area contributed by atoms with Gasteiger partial charge >= 0.3 is 0 Å². The van der Waals surface area contributed by atoms with Crippen molar-refractivity contribution in [2.45, 2.75) is 224 Å². The van der Waals surface area contributed by atoms with Crippen LogP contribution < -0.4 is 4.90 Å². The van der Waals surface area contributed by atoms with E-state index in [0.717, 1.165) is 43.5 Å². The van der Waals surface area contributed by atoms with Crippen LogP contribution in [0.4, 0.5) is 5.69 Å². The second-order valence-corrected chi connectivity index (χ2v) is 19.2. The average Bonchev–Trinajstić information content (AvgIpc) is 3.22. The first-order chi connectivity index (χ1) is 28.0. The van der Waals surface area contributed by atoms with Crippen molar-refractivity contribution in [1.29, 1.82) is 0 Å². The zero-order valence-electron chi connectivity index (χ0n) is 37.3. The maximum atomic E-state index is 12.8. The summed E-state index contributed by atoms with van der Waals surface area (Å²) in [7, 11) is -3.28. The van der Waals surface area contributed by atoms with E-state index in [2.05, 4.69) is 55.2 Å². The Morgan fingerprint density at radius 3 is 1.11 bits per heavy atom.